The van der Waals surface area contributed by atoms with Crippen LogP contribution in [-0.2, 0) is 0 Å². The van der Waals surface area contributed by atoms with Gasteiger partial charge in [0.15, 0.2) is 0 Å². The Morgan fingerprint density at radius 2 is 1.49 bits per heavy atom. The van der Waals surface area contributed by atoms with Crippen molar-refractivity contribution < 1.29 is 4.39 Å². The Bertz CT molecular complexity index is 921. The van der Waals surface area contributed by atoms with Gasteiger partial charge in [0.05, 0.1) is 15.6 Å². The molecule has 2 saturated carbocycles. The van der Waals surface area contributed by atoms with E-state index in [-0.39, 0.29) is 5.82 Å². The van der Waals surface area contributed by atoms with Crippen LogP contribution in [0.2, 0.25) is 0 Å². The van der Waals surface area contributed by atoms with Crippen molar-refractivity contribution in [3.05, 3.63) is 70.9 Å². The highest BCUT2D eigenvalue weighted by molar-refractivity contribution is 7.13. The van der Waals surface area contributed by atoms with E-state index in [1.165, 1.54) is 88.3 Å². The lowest BCUT2D eigenvalue weighted by Gasteiger charge is -2.18. The molecule has 206 valence electrons. The number of halogens is 1. The van der Waals surface area contributed by atoms with Gasteiger partial charge in [-0.3, -0.25) is 0 Å². The number of hydrogen-bond donors (Lipinski definition) is 0. The molecule has 0 spiro atoms. The molecule has 2 aromatic rings. The van der Waals surface area contributed by atoms with Crippen LogP contribution in [0.4, 0.5) is 4.39 Å². The van der Waals surface area contributed by atoms with Crippen molar-refractivity contribution in [2.75, 3.05) is 0 Å². The van der Waals surface area contributed by atoms with Crippen LogP contribution in [0, 0.1) is 24.6 Å². The van der Waals surface area contributed by atoms with E-state index in [4.69, 9.17) is 0 Å². The van der Waals surface area contributed by atoms with E-state index in [2.05, 4.69) is 32.0 Å². The summed E-state index contributed by atoms with van der Waals surface area (Å²) in [5.41, 5.74) is 3.89. The summed E-state index contributed by atoms with van der Waals surface area (Å²) in [5, 5.41) is 0.981. The number of thiazole rings is 1. The third-order valence-corrected chi connectivity index (χ3v) is 7.75. The molecule has 1 heterocycles. The number of rotatable bonds is 4. The van der Waals surface area contributed by atoms with Gasteiger partial charge in [0, 0.05) is 5.56 Å². The largest absolute Gasteiger partial charge is 0.241 e. The van der Waals surface area contributed by atoms with Crippen LogP contribution in [0.3, 0.4) is 0 Å². The molecule has 0 bridgehead atoms. The van der Waals surface area contributed by atoms with Gasteiger partial charge in [0.25, 0.3) is 0 Å². The van der Waals surface area contributed by atoms with E-state index in [0.717, 1.165) is 38.6 Å². The molecule has 4 rings (SSSR count). The fourth-order valence-corrected chi connectivity index (χ4v) is 5.52. The Labute approximate surface area is 232 Å². The van der Waals surface area contributed by atoms with Crippen LogP contribution >= 0.6 is 11.3 Å². The van der Waals surface area contributed by atoms with E-state index < -0.39 is 0 Å². The molecule has 1 nitrogen and oxygen atoms in total. The monoisotopic (exact) mass is 525 g/mol. The first kappa shape index (κ1) is 33.0. The summed E-state index contributed by atoms with van der Waals surface area (Å²) in [6.07, 6.45) is 20.3. The van der Waals surface area contributed by atoms with E-state index in [1.807, 2.05) is 39.8 Å². The summed E-state index contributed by atoms with van der Waals surface area (Å²) < 4.78 is 12.9. The second kappa shape index (κ2) is 19.1. The maximum Gasteiger partial charge on any atom is 0.123 e. The van der Waals surface area contributed by atoms with Gasteiger partial charge in [-0.05, 0) is 69.4 Å². The number of allylic oxidation sites excluding steroid dienone is 4. The maximum atomic E-state index is 12.9. The average Bonchev–Trinajstić information content (AvgIpc) is 3.28. The van der Waals surface area contributed by atoms with Crippen LogP contribution in [0.15, 0.2) is 55.1 Å². The lowest BCUT2D eigenvalue weighted by Crippen LogP contribution is -2.03. The second-order valence-corrected chi connectivity index (χ2v) is 12.0. The predicted molar refractivity (Wildman–Crippen MR) is 166 cm³/mol. The highest BCUT2D eigenvalue weighted by Crippen LogP contribution is 2.33. The molecule has 2 aliphatic carbocycles. The van der Waals surface area contributed by atoms with Crippen LogP contribution in [0.5, 0.6) is 0 Å². The van der Waals surface area contributed by atoms with Crippen LogP contribution in [-0.4, -0.2) is 4.98 Å². The molecule has 0 N–H and O–H groups in total. The first-order valence-electron chi connectivity index (χ1n) is 14.3. The number of aryl methyl sites for hydroxylation is 1. The predicted octanol–water partition coefficient (Wildman–Crippen LogP) is 12.0. The molecule has 0 amide bonds. The summed E-state index contributed by atoms with van der Waals surface area (Å²) in [5.74, 6) is 1.89. The normalized spacial score (nSPS) is 16.0. The highest BCUT2D eigenvalue weighted by Gasteiger charge is 2.13. The van der Waals surface area contributed by atoms with Crippen molar-refractivity contribution >= 4 is 16.9 Å². The lowest BCUT2D eigenvalue weighted by molar-refractivity contribution is 0.349. The van der Waals surface area contributed by atoms with Crippen molar-refractivity contribution in [3.8, 4) is 11.3 Å². The number of nitrogens with zero attached hydrogens (tertiary/aromatic N) is 1. The number of benzene rings is 1. The van der Waals surface area contributed by atoms with Crippen molar-refractivity contribution in [1.82, 2.24) is 4.98 Å². The molecule has 0 radical (unpaired) electrons. The van der Waals surface area contributed by atoms with Crippen LogP contribution in [0.1, 0.15) is 115 Å². The summed E-state index contributed by atoms with van der Waals surface area (Å²) in [6, 6.07) is 6.39. The fraction of sp³-hybridized carbons (Fsp3) is 0.559. The first-order valence-corrected chi connectivity index (χ1v) is 15.2. The summed E-state index contributed by atoms with van der Waals surface area (Å²) >= 11 is 1.61. The molecule has 0 saturated heterocycles. The SMILES string of the molecule is C=C(/C=C\C)c1sc(C)nc1-c1ccc(F)cc1.C=C(C)C.CC1CCCCC1.CCC1CCCCC1. The van der Waals surface area contributed by atoms with Crippen molar-refractivity contribution in [1.29, 1.82) is 0 Å². The van der Waals surface area contributed by atoms with E-state index >= 15 is 0 Å². The molecule has 0 aliphatic heterocycles. The smallest absolute Gasteiger partial charge is 0.123 e. The number of hydrogen-bond acceptors (Lipinski definition) is 2. The van der Waals surface area contributed by atoms with Crippen molar-refractivity contribution in [3.63, 3.8) is 0 Å². The fourth-order valence-electron chi connectivity index (χ4n) is 4.63. The summed E-state index contributed by atoms with van der Waals surface area (Å²) in [6.45, 7) is 20.1. The van der Waals surface area contributed by atoms with Crippen molar-refractivity contribution in [2.24, 2.45) is 11.8 Å². The van der Waals surface area contributed by atoms with Crippen LogP contribution in [0.25, 0.3) is 16.8 Å². The van der Waals surface area contributed by atoms with Gasteiger partial charge in [-0.2, -0.15) is 0 Å². The minimum Gasteiger partial charge on any atom is -0.241 e. The third kappa shape index (κ3) is 14.5. The van der Waals surface area contributed by atoms with E-state index in [0.29, 0.717) is 0 Å². The van der Waals surface area contributed by atoms with Gasteiger partial charge >= 0.3 is 0 Å². The third-order valence-electron chi connectivity index (χ3n) is 6.71. The Balaban J connectivity index is 0.000000296. The highest BCUT2D eigenvalue weighted by atomic mass is 32.1. The van der Waals surface area contributed by atoms with Gasteiger partial charge in [0.2, 0.25) is 0 Å². The van der Waals surface area contributed by atoms with Crippen LogP contribution < -0.4 is 0 Å². The Kier molecular flexibility index (Phi) is 17.1. The molecule has 37 heavy (non-hydrogen) atoms. The second-order valence-electron chi connectivity index (χ2n) is 10.8. The minimum atomic E-state index is -0.237. The zero-order chi connectivity index (χ0) is 27.6. The molecule has 1 aromatic carbocycles. The zero-order valence-corrected chi connectivity index (χ0v) is 25.4. The molecule has 1 aromatic heterocycles. The Morgan fingerprint density at radius 3 is 1.89 bits per heavy atom. The summed E-state index contributed by atoms with van der Waals surface area (Å²) in [4.78, 5) is 5.55. The van der Waals surface area contributed by atoms with E-state index in [9.17, 15) is 4.39 Å². The van der Waals surface area contributed by atoms with Gasteiger partial charge in [-0.1, -0.05) is 109 Å². The average molecular weight is 526 g/mol. The topological polar surface area (TPSA) is 12.9 Å². The van der Waals surface area contributed by atoms with Gasteiger partial charge in [0.1, 0.15) is 5.82 Å². The van der Waals surface area contributed by atoms with E-state index in [1.54, 1.807) is 23.5 Å². The molecule has 2 aliphatic rings. The van der Waals surface area contributed by atoms with Gasteiger partial charge in [-0.15, -0.1) is 17.9 Å². The molecule has 0 unspecified atom stereocenters. The summed E-state index contributed by atoms with van der Waals surface area (Å²) in [7, 11) is 0. The first-order chi connectivity index (χ1) is 17.7. The molecule has 2 fully saturated rings. The maximum absolute atomic E-state index is 12.9. The Morgan fingerprint density at radius 1 is 0.973 bits per heavy atom. The standard InChI is InChI=1S/C15H14FNS.C8H16.C7H14.C4H8/c1-4-5-10(2)15-14(17-11(3)18-15)12-6-8-13(16)9-7-12;1-2-8-6-4-3-5-7-8;1-7-5-3-2-4-6-7;1-4(2)3/h4-9H,2H2,1,3H3;8H,2-7H2,1H3;7H,2-6H2,1H3;1H2,2-3H3/b5-4-;;;. The molecule has 0 atom stereocenters. The zero-order valence-electron chi connectivity index (χ0n) is 24.5. The van der Waals surface area contributed by atoms with Gasteiger partial charge in [-0.25, -0.2) is 9.37 Å². The Hall–Kier alpha value is -2.00. The minimum absolute atomic E-state index is 0.237. The molecular weight excluding hydrogens is 473 g/mol. The van der Waals surface area contributed by atoms with Gasteiger partial charge < -0.3 is 0 Å². The molecule has 3 heteroatoms. The van der Waals surface area contributed by atoms with Crippen molar-refractivity contribution in [2.45, 2.75) is 112 Å². The molecular formula is C34H52FNS. The number of aromatic nitrogens is 1. The lowest BCUT2D eigenvalue weighted by atomic mass is 9.88. The quantitative estimate of drug-likeness (QED) is 0.286.